The number of carboxylic acid groups (broad SMARTS) is 1. The molecule has 0 saturated carbocycles. The molecular formula is C24H16F5NO5S2. The lowest BCUT2D eigenvalue weighted by Crippen LogP contribution is -2.31. The van der Waals surface area contributed by atoms with Gasteiger partial charge in [0.2, 0.25) is 0 Å². The molecule has 0 aliphatic heterocycles. The van der Waals surface area contributed by atoms with Crippen LogP contribution in [0.1, 0.15) is 21.5 Å². The van der Waals surface area contributed by atoms with Gasteiger partial charge < -0.3 is 9.84 Å². The Bertz CT molecular complexity index is 1600. The second-order valence-electron chi connectivity index (χ2n) is 7.80. The number of carbonyl (C=O) groups is 1. The number of hydrogen-bond donors (Lipinski definition) is 1. The van der Waals surface area contributed by atoms with Gasteiger partial charge in [-0.05, 0) is 53.8 Å². The summed E-state index contributed by atoms with van der Waals surface area (Å²) < 4.78 is 99.5. The third-order valence-electron chi connectivity index (χ3n) is 5.35. The lowest BCUT2D eigenvalue weighted by atomic mass is 10.2. The van der Waals surface area contributed by atoms with E-state index in [1.165, 1.54) is 12.1 Å². The summed E-state index contributed by atoms with van der Waals surface area (Å²) in [7, 11) is -4.83. The number of aromatic carboxylic acids is 1. The molecule has 3 aromatic carbocycles. The number of benzene rings is 3. The normalized spacial score (nSPS) is 12.1. The van der Waals surface area contributed by atoms with Gasteiger partial charge in [-0.3, -0.25) is 4.31 Å². The fraction of sp³-hybridized carbons (Fsp3) is 0.125. The lowest BCUT2D eigenvalue weighted by Gasteiger charge is -2.24. The van der Waals surface area contributed by atoms with E-state index < -0.39 is 56.7 Å². The molecule has 1 N–H and O–H groups in total. The standard InChI is InChI=1S/C24H16F5NO5S2/c1-13-16-4-2-3-5-20(16)36-22(13)30(12-14-6-8-15(9-7-14)35-24(27,28)29)37(33,34)21-11-18(25)17(23(31)32)10-19(21)26/h2-11H,12H2,1H3,(H,31,32). The fourth-order valence-electron chi connectivity index (χ4n) is 3.64. The predicted octanol–water partition coefficient (Wildman–Crippen LogP) is 6.48. The summed E-state index contributed by atoms with van der Waals surface area (Å²) in [6.45, 7) is 1.19. The van der Waals surface area contributed by atoms with Crippen LogP contribution >= 0.6 is 11.3 Å². The Hall–Kier alpha value is -3.71. The van der Waals surface area contributed by atoms with Crippen molar-refractivity contribution in [2.75, 3.05) is 4.31 Å². The summed E-state index contributed by atoms with van der Waals surface area (Å²) in [5, 5.41) is 9.91. The van der Waals surface area contributed by atoms with Crippen molar-refractivity contribution in [2.24, 2.45) is 0 Å². The average molecular weight is 558 g/mol. The molecule has 0 radical (unpaired) electrons. The van der Waals surface area contributed by atoms with Crippen molar-refractivity contribution in [1.29, 1.82) is 0 Å². The third kappa shape index (κ3) is 5.37. The zero-order valence-electron chi connectivity index (χ0n) is 18.7. The summed E-state index contributed by atoms with van der Waals surface area (Å²) in [6.07, 6.45) is -4.92. The van der Waals surface area contributed by atoms with E-state index >= 15 is 0 Å². The lowest BCUT2D eigenvalue weighted by molar-refractivity contribution is -0.274. The molecule has 37 heavy (non-hydrogen) atoms. The van der Waals surface area contributed by atoms with Crippen LogP contribution in [-0.2, 0) is 16.6 Å². The number of sulfonamides is 1. The monoisotopic (exact) mass is 557 g/mol. The smallest absolute Gasteiger partial charge is 0.478 e. The highest BCUT2D eigenvalue weighted by atomic mass is 32.2. The minimum absolute atomic E-state index is 0.166. The zero-order chi connectivity index (χ0) is 27.1. The van der Waals surface area contributed by atoms with E-state index in [4.69, 9.17) is 5.11 Å². The molecule has 0 atom stereocenters. The minimum atomic E-state index is -4.92. The number of rotatable bonds is 7. The summed E-state index contributed by atoms with van der Waals surface area (Å²) >= 11 is 1.06. The minimum Gasteiger partial charge on any atom is -0.478 e. The van der Waals surface area contributed by atoms with Gasteiger partial charge in [0.05, 0.1) is 12.1 Å². The van der Waals surface area contributed by atoms with Crippen LogP contribution in [0, 0.1) is 18.6 Å². The molecule has 0 spiro atoms. The number of hydrogen-bond acceptors (Lipinski definition) is 5. The molecule has 6 nitrogen and oxygen atoms in total. The van der Waals surface area contributed by atoms with Crippen LogP contribution in [0.25, 0.3) is 10.1 Å². The Morgan fingerprint density at radius 2 is 1.68 bits per heavy atom. The molecule has 0 amide bonds. The van der Waals surface area contributed by atoms with E-state index in [1.807, 2.05) is 0 Å². The number of halogens is 5. The van der Waals surface area contributed by atoms with Crippen molar-refractivity contribution in [3.05, 3.63) is 89.0 Å². The van der Waals surface area contributed by atoms with E-state index in [1.54, 1.807) is 31.2 Å². The third-order valence-corrected chi connectivity index (χ3v) is 8.52. The Balaban J connectivity index is 1.84. The number of aryl methyl sites for hydroxylation is 1. The fourth-order valence-corrected chi connectivity index (χ4v) is 6.63. The summed E-state index contributed by atoms with van der Waals surface area (Å²) in [5.74, 6) is -5.23. The molecule has 0 saturated heterocycles. The molecule has 0 aliphatic rings. The molecule has 1 heterocycles. The van der Waals surface area contributed by atoms with Gasteiger partial charge >= 0.3 is 12.3 Å². The highest BCUT2D eigenvalue weighted by Gasteiger charge is 2.33. The van der Waals surface area contributed by atoms with Gasteiger partial charge in [0.15, 0.2) is 0 Å². The van der Waals surface area contributed by atoms with Crippen LogP contribution in [-0.4, -0.2) is 25.9 Å². The Morgan fingerprint density at radius 3 is 2.27 bits per heavy atom. The first-order valence-corrected chi connectivity index (χ1v) is 12.6. The maximum Gasteiger partial charge on any atom is 0.573 e. The number of fused-ring (bicyclic) bond motifs is 1. The number of ether oxygens (including phenoxy) is 1. The Labute approximate surface area is 211 Å². The molecule has 0 aliphatic carbocycles. The highest BCUT2D eigenvalue weighted by molar-refractivity contribution is 7.93. The number of carboxylic acids is 1. The van der Waals surface area contributed by atoms with Crippen molar-refractivity contribution in [1.82, 2.24) is 0 Å². The van der Waals surface area contributed by atoms with Gasteiger partial charge in [0, 0.05) is 4.70 Å². The highest BCUT2D eigenvalue weighted by Crippen LogP contribution is 2.41. The van der Waals surface area contributed by atoms with Crippen molar-refractivity contribution in [3.63, 3.8) is 0 Å². The molecule has 1 aromatic heterocycles. The van der Waals surface area contributed by atoms with Crippen molar-refractivity contribution in [2.45, 2.75) is 24.7 Å². The van der Waals surface area contributed by atoms with Crippen LogP contribution < -0.4 is 9.04 Å². The van der Waals surface area contributed by atoms with Gasteiger partial charge in [-0.15, -0.1) is 24.5 Å². The van der Waals surface area contributed by atoms with Gasteiger partial charge in [-0.2, -0.15) is 0 Å². The predicted molar refractivity (Wildman–Crippen MR) is 126 cm³/mol. The van der Waals surface area contributed by atoms with Crippen LogP contribution in [0.3, 0.4) is 0 Å². The van der Waals surface area contributed by atoms with E-state index in [2.05, 4.69) is 4.74 Å². The first-order valence-electron chi connectivity index (χ1n) is 10.4. The first kappa shape index (κ1) is 26.4. The molecule has 194 valence electrons. The Morgan fingerprint density at radius 1 is 1.03 bits per heavy atom. The van der Waals surface area contributed by atoms with Crippen molar-refractivity contribution in [3.8, 4) is 5.75 Å². The van der Waals surface area contributed by atoms with Crippen LogP contribution in [0.2, 0.25) is 0 Å². The molecular weight excluding hydrogens is 541 g/mol. The molecule has 0 unspecified atom stereocenters. The Kier molecular flexibility index (Phi) is 6.86. The first-order chi connectivity index (χ1) is 17.3. The molecule has 13 heteroatoms. The number of alkyl halides is 3. The summed E-state index contributed by atoms with van der Waals surface area (Å²) in [4.78, 5) is 10.1. The van der Waals surface area contributed by atoms with Gasteiger partial charge in [0.1, 0.15) is 27.3 Å². The second-order valence-corrected chi connectivity index (χ2v) is 10.7. The molecule has 0 fully saturated rings. The summed E-state index contributed by atoms with van der Waals surface area (Å²) in [5.41, 5.74) is -0.302. The molecule has 4 rings (SSSR count). The maximum atomic E-state index is 14.9. The number of thiophene rings is 1. The van der Waals surface area contributed by atoms with Crippen molar-refractivity contribution < 1.29 is 45.0 Å². The largest absolute Gasteiger partial charge is 0.573 e. The van der Waals surface area contributed by atoms with Crippen LogP contribution in [0.15, 0.2) is 65.6 Å². The average Bonchev–Trinajstić information content (AvgIpc) is 3.14. The molecule has 4 aromatic rings. The van der Waals surface area contributed by atoms with E-state index in [0.717, 1.165) is 27.8 Å². The number of nitrogens with zero attached hydrogens (tertiary/aromatic N) is 1. The second kappa shape index (κ2) is 9.63. The van der Waals surface area contributed by atoms with Crippen molar-refractivity contribution >= 4 is 42.4 Å². The molecule has 0 bridgehead atoms. The number of anilines is 1. The zero-order valence-corrected chi connectivity index (χ0v) is 20.3. The van der Waals surface area contributed by atoms with E-state index in [0.29, 0.717) is 21.7 Å². The quantitative estimate of drug-likeness (QED) is 0.263. The van der Waals surface area contributed by atoms with E-state index in [-0.39, 0.29) is 16.6 Å². The summed E-state index contributed by atoms with van der Waals surface area (Å²) in [6, 6.07) is 11.9. The van der Waals surface area contributed by atoms with Gasteiger partial charge in [-0.25, -0.2) is 22.0 Å². The topological polar surface area (TPSA) is 83.9 Å². The maximum absolute atomic E-state index is 14.9. The van der Waals surface area contributed by atoms with E-state index in [9.17, 15) is 35.2 Å². The van der Waals surface area contributed by atoms with Gasteiger partial charge in [-0.1, -0.05) is 30.3 Å². The van der Waals surface area contributed by atoms with Crippen LogP contribution in [0.5, 0.6) is 5.75 Å². The SMILES string of the molecule is Cc1c(N(Cc2ccc(OC(F)(F)F)cc2)S(=O)(=O)c2cc(F)c(C(=O)O)cc2F)sc2ccccc12. The van der Waals surface area contributed by atoms with Gasteiger partial charge in [0.25, 0.3) is 10.0 Å². The van der Waals surface area contributed by atoms with Crippen LogP contribution in [0.4, 0.5) is 27.0 Å².